The predicted octanol–water partition coefficient (Wildman–Crippen LogP) is 11.6. The zero-order chi connectivity index (χ0) is 29.0. The zero-order valence-electron chi connectivity index (χ0n) is 24.1. The molecule has 0 unspecified atom stereocenters. The van der Waals surface area contributed by atoms with Crippen molar-refractivity contribution in [2.45, 2.75) is 0 Å². The van der Waals surface area contributed by atoms with Gasteiger partial charge < -0.3 is 9.47 Å². The molecule has 206 valence electrons. The summed E-state index contributed by atoms with van der Waals surface area (Å²) in [5.74, 6) is 0. The third-order valence-corrected chi connectivity index (χ3v) is 8.93. The molecule has 0 saturated heterocycles. The second kappa shape index (κ2) is 9.86. The van der Waals surface area contributed by atoms with Crippen LogP contribution in [0, 0.1) is 0 Å². The van der Waals surface area contributed by atoms with Crippen LogP contribution < -0.4 is 4.90 Å². The SMILES string of the molecule is c1ccc(-c2ccc(N3c4ccccc4-c4ccccc4-c4cc5c6ccccc6n(-c6ccccc6)c5cc43)cc2)cc1. The lowest BCUT2D eigenvalue weighted by Gasteiger charge is -2.28. The Kier molecular flexibility index (Phi) is 5.54. The van der Waals surface area contributed by atoms with Crippen LogP contribution in [0.5, 0.6) is 0 Å². The fraction of sp³-hybridized carbons (Fsp3) is 0. The first-order valence-corrected chi connectivity index (χ1v) is 15.1. The highest BCUT2D eigenvalue weighted by atomic mass is 15.2. The molecule has 0 radical (unpaired) electrons. The van der Waals surface area contributed by atoms with Gasteiger partial charge >= 0.3 is 0 Å². The molecule has 0 amide bonds. The van der Waals surface area contributed by atoms with Crippen molar-refractivity contribution in [1.29, 1.82) is 0 Å². The fourth-order valence-corrected chi connectivity index (χ4v) is 6.95. The van der Waals surface area contributed by atoms with Crippen molar-refractivity contribution in [2.75, 3.05) is 4.90 Å². The Morgan fingerprint density at radius 3 is 1.68 bits per heavy atom. The van der Waals surface area contributed by atoms with E-state index in [9.17, 15) is 0 Å². The van der Waals surface area contributed by atoms with Crippen LogP contribution >= 0.6 is 0 Å². The van der Waals surface area contributed by atoms with Crippen LogP contribution in [0.2, 0.25) is 0 Å². The van der Waals surface area contributed by atoms with Gasteiger partial charge in [-0.15, -0.1) is 0 Å². The summed E-state index contributed by atoms with van der Waals surface area (Å²) >= 11 is 0. The number of rotatable bonds is 3. The maximum absolute atomic E-state index is 2.45. The van der Waals surface area contributed by atoms with Gasteiger partial charge in [0, 0.05) is 33.3 Å². The molecule has 0 spiro atoms. The molecular weight excluding hydrogens is 532 g/mol. The topological polar surface area (TPSA) is 8.17 Å². The second-order valence-corrected chi connectivity index (χ2v) is 11.4. The van der Waals surface area contributed by atoms with Crippen LogP contribution in [0.3, 0.4) is 0 Å². The maximum Gasteiger partial charge on any atom is 0.0562 e. The number of nitrogens with zero attached hydrogens (tertiary/aromatic N) is 2. The monoisotopic (exact) mass is 560 g/mol. The van der Waals surface area contributed by atoms with Crippen molar-refractivity contribution in [2.24, 2.45) is 0 Å². The van der Waals surface area contributed by atoms with E-state index >= 15 is 0 Å². The Morgan fingerprint density at radius 2 is 0.909 bits per heavy atom. The molecule has 0 saturated carbocycles. The van der Waals surface area contributed by atoms with Crippen LogP contribution in [0.1, 0.15) is 0 Å². The summed E-state index contributed by atoms with van der Waals surface area (Å²) in [5.41, 5.74) is 14.4. The summed E-state index contributed by atoms with van der Waals surface area (Å²) in [6.45, 7) is 0. The highest BCUT2D eigenvalue weighted by molar-refractivity contribution is 6.14. The van der Waals surface area contributed by atoms with Gasteiger partial charge in [-0.25, -0.2) is 0 Å². The normalized spacial score (nSPS) is 12.0. The molecule has 0 atom stereocenters. The Hall–Kier alpha value is -5.86. The van der Waals surface area contributed by atoms with Crippen molar-refractivity contribution in [3.8, 4) is 39.1 Å². The van der Waals surface area contributed by atoms with E-state index in [1.165, 1.54) is 66.6 Å². The molecular formula is C42H28N2. The number of para-hydroxylation sites is 3. The van der Waals surface area contributed by atoms with Gasteiger partial charge in [-0.2, -0.15) is 0 Å². The molecule has 0 N–H and O–H groups in total. The molecule has 2 heterocycles. The molecule has 2 nitrogen and oxygen atoms in total. The molecule has 1 aliphatic heterocycles. The number of hydrogen-bond donors (Lipinski definition) is 0. The smallest absolute Gasteiger partial charge is 0.0562 e. The standard InChI is InChI=1S/C42H28N2/c1-3-13-29(14-4-1)30-23-25-32(26-24-30)44-39-21-11-9-19-35(39)33-17-7-8-18-34(33)37-27-38-36-20-10-12-22-40(36)43(42(38)28-41(37)44)31-15-5-2-6-16-31/h1-28H. The summed E-state index contributed by atoms with van der Waals surface area (Å²) in [5, 5.41) is 2.51. The third-order valence-electron chi connectivity index (χ3n) is 8.93. The second-order valence-electron chi connectivity index (χ2n) is 11.4. The van der Waals surface area contributed by atoms with E-state index < -0.39 is 0 Å². The highest BCUT2D eigenvalue weighted by Crippen LogP contribution is 2.52. The van der Waals surface area contributed by atoms with Crippen molar-refractivity contribution in [3.05, 3.63) is 170 Å². The number of benzene rings is 7. The van der Waals surface area contributed by atoms with Crippen LogP contribution in [0.25, 0.3) is 60.9 Å². The molecule has 44 heavy (non-hydrogen) atoms. The van der Waals surface area contributed by atoms with E-state index in [0.717, 1.165) is 11.4 Å². The summed E-state index contributed by atoms with van der Waals surface area (Å²) in [6.07, 6.45) is 0. The van der Waals surface area contributed by atoms with Crippen molar-refractivity contribution in [1.82, 2.24) is 4.57 Å². The lowest BCUT2D eigenvalue weighted by atomic mass is 9.94. The van der Waals surface area contributed by atoms with Gasteiger partial charge in [-0.1, -0.05) is 121 Å². The van der Waals surface area contributed by atoms with Gasteiger partial charge in [0.25, 0.3) is 0 Å². The van der Waals surface area contributed by atoms with E-state index in [2.05, 4.69) is 179 Å². The lowest BCUT2D eigenvalue weighted by Crippen LogP contribution is -2.11. The van der Waals surface area contributed by atoms with E-state index in [1.54, 1.807) is 0 Å². The third kappa shape index (κ3) is 3.75. The first-order chi connectivity index (χ1) is 21.8. The van der Waals surface area contributed by atoms with Crippen molar-refractivity contribution >= 4 is 38.9 Å². The average molecular weight is 561 g/mol. The van der Waals surface area contributed by atoms with E-state index in [1.807, 2.05) is 0 Å². The van der Waals surface area contributed by atoms with E-state index in [-0.39, 0.29) is 0 Å². The number of hydrogen-bond acceptors (Lipinski definition) is 1. The molecule has 1 aliphatic rings. The van der Waals surface area contributed by atoms with E-state index in [4.69, 9.17) is 0 Å². The molecule has 7 aromatic carbocycles. The first kappa shape index (κ1) is 24.7. The van der Waals surface area contributed by atoms with Gasteiger partial charge in [-0.05, 0) is 70.8 Å². The molecule has 0 bridgehead atoms. The van der Waals surface area contributed by atoms with E-state index in [0.29, 0.717) is 0 Å². The number of anilines is 3. The highest BCUT2D eigenvalue weighted by Gasteiger charge is 2.27. The largest absolute Gasteiger partial charge is 0.309 e. The quantitative estimate of drug-likeness (QED) is 0.209. The molecule has 2 heteroatoms. The Balaban J connectivity index is 1.38. The Bertz CT molecular complexity index is 2310. The molecule has 0 aliphatic carbocycles. The zero-order valence-corrected chi connectivity index (χ0v) is 24.1. The average Bonchev–Trinajstić information content (AvgIpc) is 3.36. The van der Waals surface area contributed by atoms with Gasteiger partial charge in [0.1, 0.15) is 0 Å². The van der Waals surface area contributed by atoms with Crippen LogP contribution in [0.4, 0.5) is 17.1 Å². The summed E-state index contributed by atoms with van der Waals surface area (Å²) in [7, 11) is 0. The molecule has 0 fully saturated rings. The minimum absolute atomic E-state index is 1.13. The summed E-state index contributed by atoms with van der Waals surface area (Å²) < 4.78 is 2.41. The molecule has 1 aromatic heterocycles. The number of aromatic nitrogens is 1. The Morgan fingerprint density at radius 1 is 0.318 bits per heavy atom. The summed E-state index contributed by atoms with van der Waals surface area (Å²) in [6, 6.07) is 61.5. The molecule has 8 aromatic rings. The fourth-order valence-electron chi connectivity index (χ4n) is 6.95. The van der Waals surface area contributed by atoms with Gasteiger partial charge in [-0.3, -0.25) is 0 Å². The van der Waals surface area contributed by atoms with Gasteiger partial charge in [0.15, 0.2) is 0 Å². The minimum atomic E-state index is 1.13. The summed E-state index contributed by atoms with van der Waals surface area (Å²) in [4.78, 5) is 2.45. The minimum Gasteiger partial charge on any atom is -0.309 e. The first-order valence-electron chi connectivity index (χ1n) is 15.1. The number of fused-ring (bicyclic) bond motifs is 8. The van der Waals surface area contributed by atoms with Gasteiger partial charge in [0.05, 0.1) is 22.4 Å². The maximum atomic E-state index is 2.45. The predicted molar refractivity (Wildman–Crippen MR) is 185 cm³/mol. The lowest BCUT2D eigenvalue weighted by molar-refractivity contribution is 1.18. The van der Waals surface area contributed by atoms with Crippen LogP contribution in [0.15, 0.2) is 170 Å². The van der Waals surface area contributed by atoms with Crippen molar-refractivity contribution < 1.29 is 0 Å². The van der Waals surface area contributed by atoms with Crippen molar-refractivity contribution in [3.63, 3.8) is 0 Å². The van der Waals surface area contributed by atoms with Crippen LogP contribution in [-0.2, 0) is 0 Å². The van der Waals surface area contributed by atoms with Gasteiger partial charge in [0.2, 0.25) is 0 Å². The van der Waals surface area contributed by atoms with Crippen LogP contribution in [-0.4, -0.2) is 4.57 Å². The molecule has 9 rings (SSSR count). The Labute approximate surface area is 256 Å².